The van der Waals surface area contributed by atoms with Crippen LogP contribution in [0.15, 0.2) is 11.0 Å². The second kappa shape index (κ2) is 5.87. The molecule has 2 aromatic heterocycles. The van der Waals surface area contributed by atoms with E-state index in [1.165, 1.54) is 44.7 Å². The van der Waals surface area contributed by atoms with Crippen molar-refractivity contribution in [1.82, 2.24) is 20.2 Å². The molecular formula is C15H23N5O. The van der Waals surface area contributed by atoms with Crippen LogP contribution in [0.1, 0.15) is 45.4 Å². The summed E-state index contributed by atoms with van der Waals surface area (Å²) in [5, 5.41) is 7.17. The highest BCUT2D eigenvalue weighted by atomic mass is 16.1. The summed E-state index contributed by atoms with van der Waals surface area (Å²) in [6.07, 6.45) is 9.03. The molecule has 2 aromatic rings. The van der Waals surface area contributed by atoms with Crippen molar-refractivity contribution in [2.45, 2.75) is 51.5 Å². The Morgan fingerprint density at radius 3 is 2.81 bits per heavy atom. The maximum absolute atomic E-state index is 12.0. The van der Waals surface area contributed by atoms with Gasteiger partial charge in [0, 0.05) is 13.1 Å². The first-order chi connectivity index (χ1) is 10.2. The maximum atomic E-state index is 12.0. The van der Waals surface area contributed by atoms with Crippen molar-refractivity contribution in [3.8, 4) is 0 Å². The number of nitrogens with one attached hydrogen (secondary N) is 2. The van der Waals surface area contributed by atoms with E-state index < -0.39 is 0 Å². The average Bonchev–Trinajstić information content (AvgIpc) is 2.97. The van der Waals surface area contributed by atoms with Gasteiger partial charge in [-0.25, -0.2) is 0 Å². The summed E-state index contributed by atoms with van der Waals surface area (Å²) in [7, 11) is 2.02. The van der Waals surface area contributed by atoms with Crippen LogP contribution in [0.5, 0.6) is 0 Å². The SMILES string of the molecule is CCCC1CCC(N(C)c2nc3[nH]ncc3c(=O)[nH]2)CC1. The number of aromatic amines is 2. The van der Waals surface area contributed by atoms with E-state index in [1.807, 2.05) is 7.05 Å². The number of nitrogens with zero attached hydrogens (tertiary/aromatic N) is 3. The van der Waals surface area contributed by atoms with Gasteiger partial charge in [0.1, 0.15) is 5.39 Å². The van der Waals surface area contributed by atoms with Crippen molar-refractivity contribution in [2.24, 2.45) is 5.92 Å². The Labute approximate surface area is 124 Å². The van der Waals surface area contributed by atoms with Gasteiger partial charge in [0.2, 0.25) is 5.95 Å². The number of rotatable bonds is 4. The largest absolute Gasteiger partial charge is 0.342 e. The van der Waals surface area contributed by atoms with Crippen LogP contribution < -0.4 is 10.5 Å². The molecule has 0 saturated heterocycles. The molecular weight excluding hydrogens is 266 g/mol. The lowest BCUT2D eigenvalue weighted by atomic mass is 9.83. The van der Waals surface area contributed by atoms with E-state index in [4.69, 9.17) is 0 Å². The highest BCUT2D eigenvalue weighted by Gasteiger charge is 2.25. The lowest BCUT2D eigenvalue weighted by molar-refractivity contribution is 0.302. The standard InChI is InChI=1S/C15H23N5O/c1-3-4-10-5-7-11(8-6-10)20(2)15-17-13-12(9-16-19-13)14(21)18-15/h9-11H,3-8H2,1-2H3,(H2,16,17,18,19,21). The Balaban J connectivity index is 1.75. The molecule has 1 aliphatic rings. The summed E-state index contributed by atoms with van der Waals surface area (Å²) in [5.74, 6) is 1.51. The van der Waals surface area contributed by atoms with Crippen molar-refractivity contribution >= 4 is 17.0 Å². The quantitative estimate of drug-likeness (QED) is 0.906. The number of aromatic nitrogens is 4. The van der Waals surface area contributed by atoms with Crippen LogP contribution in [0, 0.1) is 5.92 Å². The summed E-state index contributed by atoms with van der Waals surface area (Å²) < 4.78 is 0. The summed E-state index contributed by atoms with van der Waals surface area (Å²) in [6.45, 7) is 2.26. The molecule has 114 valence electrons. The van der Waals surface area contributed by atoms with Crippen LogP contribution in [0.25, 0.3) is 11.0 Å². The minimum atomic E-state index is -0.129. The Hall–Kier alpha value is -1.85. The second-order valence-electron chi connectivity index (χ2n) is 6.10. The van der Waals surface area contributed by atoms with Gasteiger partial charge in [-0.3, -0.25) is 14.9 Å². The molecule has 0 unspecified atom stereocenters. The third-order valence-corrected chi connectivity index (χ3v) is 4.70. The zero-order chi connectivity index (χ0) is 14.8. The van der Waals surface area contributed by atoms with Gasteiger partial charge in [-0.2, -0.15) is 10.1 Å². The molecule has 0 aromatic carbocycles. The number of hydrogen-bond donors (Lipinski definition) is 2. The van der Waals surface area contributed by atoms with Crippen LogP contribution >= 0.6 is 0 Å². The lowest BCUT2D eigenvalue weighted by Crippen LogP contribution is -2.37. The fraction of sp³-hybridized carbons (Fsp3) is 0.667. The number of fused-ring (bicyclic) bond motifs is 1. The fourth-order valence-corrected chi connectivity index (χ4v) is 3.40. The van der Waals surface area contributed by atoms with Crippen LogP contribution in [-0.2, 0) is 0 Å². The van der Waals surface area contributed by atoms with Gasteiger partial charge < -0.3 is 4.90 Å². The van der Waals surface area contributed by atoms with Gasteiger partial charge >= 0.3 is 0 Å². The average molecular weight is 289 g/mol. The van der Waals surface area contributed by atoms with Crippen LogP contribution in [0.3, 0.4) is 0 Å². The van der Waals surface area contributed by atoms with Crippen molar-refractivity contribution < 1.29 is 0 Å². The van der Waals surface area contributed by atoms with E-state index in [-0.39, 0.29) is 5.56 Å². The smallest absolute Gasteiger partial charge is 0.263 e. The summed E-state index contributed by atoms with van der Waals surface area (Å²) in [5.41, 5.74) is 0.426. The molecule has 0 bridgehead atoms. The molecule has 6 heteroatoms. The molecule has 2 N–H and O–H groups in total. The summed E-state index contributed by atoms with van der Waals surface area (Å²) >= 11 is 0. The Bertz CT molecular complexity index is 653. The monoisotopic (exact) mass is 289 g/mol. The van der Waals surface area contributed by atoms with Gasteiger partial charge in [-0.05, 0) is 31.6 Å². The number of hydrogen-bond acceptors (Lipinski definition) is 4. The normalized spacial score (nSPS) is 22.6. The fourth-order valence-electron chi connectivity index (χ4n) is 3.40. The van der Waals surface area contributed by atoms with Crippen LogP contribution in [0.2, 0.25) is 0 Å². The molecule has 0 radical (unpaired) electrons. The third kappa shape index (κ3) is 2.80. The van der Waals surface area contributed by atoms with Crippen LogP contribution in [-0.4, -0.2) is 33.3 Å². The molecule has 3 rings (SSSR count). The molecule has 1 aliphatic carbocycles. The summed E-state index contributed by atoms with van der Waals surface area (Å²) in [6, 6.07) is 0.460. The van der Waals surface area contributed by atoms with Crippen molar-refractivity contribution in [3.05, 3.63) is 16.6 Å². The predicted molar refractivity (Wildman–Crippen MR) is 83.6 cm³/mol. The van der Waals surface area contributed by atoms with Gasteiger partial charge in [0.05, 0.1) is 6.20 Å². The van der Waals surface area contributed by atoms with E-state index >= 15 is 0 Å². The zero-order valence-electron chi connectivity index (χ0n) is 12.7. The van der Waals surface area contributed by atoms with Gasteiger partial charge in [0.15, 0.2) is 5.65 Å². The first-order valence-corrected chi connectivity index (χ1v) is 7.85. The molecule has 0 atom stereocenters. The van der Waals surface area contributed by atoms with E-state index in [0.717, 1.165) is 5.92 Å². The third-order valence-electron chi connectivity index (χ3n) is 4.70. The van der Waals surface area contributed by atoms with E-state index in [9.17, 15) is 4.79 Å². The number of H-pyrrole nitrogens is 2. The van der Waals surface area contributed by atoms with Gasteiger partial charge in [0.25, 0.3) is 5.56 Å². The maximum Gasteiger partial charge on any atom is 0.263 e. The Morgan fingerprint density at radius 2 is 2.10 bits per heavy atom. The lowest BCUT2D eigenvalue weighted by Gasteiger charge is -2.34. The minimum absolute atomic E-state index is 0.129. The van der Waals surface area contributed by atoms with Gasteiger partial charge in [-0.15, -0.1) is 0 Å². The number of anilines is 1. The molecule has 0 spiro atoms. The Kier molecular flexibility index (Phi) is 3.94. The highest BCUT2D eigenvalue weighted by molar-refractivity contribution is 5.73. The van der Waals surface area contributed by atoms with E-state index in [2.05, 4.69) is 32.0 Å². The molecule has 0 aliphatic heterocycles. The predicted octanol–water partition coefficient (Wildman–Crippen LogP) is 2.44. The van der Waals surface area contributed by atoms with Crippen molar-refractivity contribution in [3.63, 3.8) is 0 Å². The Morgan fingerprint density at radius 1 is 1.33 bits per heavy atom. The molecule has 2 heterocycles. The van der Waals surface area contributed by atoms with Crippen molar-refractivity contribution in [1.29, 1.82) is 0 Å². The topological polar surface area (TPSA) is 77.7 Å². The van der Waals surface area contributed by atoms with Crippen molar-refractivity contribution in [2.75, 3.05) is 11.9 Å². The first-order valence-electron chi connectivity index (χ1n) is 7.85. The zero-order valence-corrected chi connectivity index (χ0v) is 12.7. The summed E-state index contributed by atoms with van der Waals surface area (Å²) in [4.78, 5) is 21.5. The van der Waals surface area contributed by atoms with E-state index in [1.54, 1.807) is 0 Å². The molecule has 1 fully saturated rings. The van der Waals surface area contributed by atoms with Gasteiger partial charge in [-0.1, -0.05) is 19.8 Å². The minimum Gasteiger partial charge on any atom is -0.342 e. The highest BCUT2D eigenvalue weighted by Crippen LogP contribution is 2.30. The first kappa shape index (κ1) is 14.1. The second-order valence-corrected chi connectivity index (χ2v) is 6.10. The van der Waals surface area contributed by atoms with E-state index in [0.29, 0.717) is 23.0 Å². The molecule has 0 amide bonds. The van der Waals surface area contributed by atoms with Crippen LogP contribution in [0.4, 0.5) is 5.95 Å². The molecule has 1 saturated carbocycles. The molecule has 6 nitrogen and oxygen atoms in total. The molecule has 21 heavy (non-hydrogen) atoms.